The van der Waals surface area contributed by atoms with Gasteiger partial charge in [-0.1, -0.05) is 12.1 Å². The third kappa shape index (κ3) is 5.03. The van der Waals surface area contributed by atoms with Crippen LogP contribution in [0.25, 0.3) is 0 Å². The number of thioether (sulfide) groups is 1. The molecule has 1 N–H and O–H groups in total. The van der Waals surface area contributed by atoms with E-state index in [9.17, 15) is 22.8 Å². The van der Waals surface area contributed by atoms with Crippen molar-refractivity contribution in [1.29, 1.82) is 0 Å². The number of alkyl halides is 3. The van der Waals surface area contributed by atoms with Gasteiger partial charge in [-0.25, -0.2) is 9.59 Å². The van der Waals surface area contributed by atoms with Gasteiger partial charge in [0.05, 0.1) is 17.7 Å². The van der Waals surface area contributed by atoms with Crippen LogP contribution >= 0.6 is 11.8 Å². The Morgan fingerprint density at radius 2 is 1.79 bits per heavy atom. The lowest BCUT2D eigenvalue weighted by atomic mass is 10.1. The summed E-state index contributed by atoms with van der Waals surface area (Å²) < 4.78 is 43.2. The number of hydrogen-bond acceptors (Lipinski definition) is 4. The van der Waals surface area contributed by atoms with Crippen LogP contribution in [-0.2, 0) is 10.9 Å². The van der Waals surface area contributed by atoms with Crippen LogP contribution in [-0.4, -0.2) is 35.8 Å². The zero-order valence-electron chi connectivity index (χ0n) is 15.5. The molecule has 1 aliphatic heterocycles. The summed E-state index contributed by atoms with van der Waals surface area (Å²) in [7, 11) is 0. The quantitative estimate of drug-likeness (QED) is 0.689. The Labute approximate surface area is 170 Å². The van der Waals surface area contributed by atoms with Gasteiger partial charge in [-0.3, -0.25) is 0 Å². The van der Waals surface area contributed by atoms with Crippen LogP contribution in [0.3, 0.4) is 0 Å². The Morgan fingerprint density at radius 1 is 1.14 bits per heavy atom. The summed E-state index contributed by atoms with van der Waals surface area (Å²) in [6, 6.07) is 10.8. The molecule has 2 amide bonds. The van der Waals surface area contributed by atoms with E-state index in [1.807, 2.05) is 0 Å². The first kappa shape index (κ1) is 21.0. The Morgan fingerprint density at radius 3 is 2.38 bits per heavy atom. The fourth-order valence-electron chi connectivity index (χ4n) is 2.89. The lowest BCUT2D eigenvalue weighted by molar-refractivity contribution is -0.137. The zero-order valence-corrected chi connectivity index (χ0v) is 16.3. The van der Waals surface area contributed by atoms with E-state index in [0.717, 1.165) is 12.1 Å². The molecule has 0 aliphatic carbocycles. The average molecular weight is 424 g/mol. The van der Waals surface area contributed by atoms with Crippen LogP contribution in [0.4, 0.5) is 23.7 Å². The van der Waals surface area contributed by atoms with E-state index in [4.69, 9.17) is 4.74 Å². The van der Waals surface area contributed by atoms with Crippen LogP contribution in [0.2, 0.25) is 0 Å². The average Bonchev–Trinajstić information content (AvgIpc) is 3.18. The number of ether oxygens (including phenoxy) is 1. The van der Waals surface area contributed by atoms with E-state index in [-0.39, 0.29) is 18.0 Å². The molecule has 1 saturated heterocycles. The zero-order chi connectivity index (χ0) is 21.0. The Balaban J connectivity index is 1.68. The van der Waals surface area contributed by atoms with E-state index in [1.165, 1.54) is 23.9 Å². The van der Waals surface area contributed by atoms with Crippen LogP contribution in [0.1, 0.15) is 33.8 Å². The van der Waals surface area contributed by atoms with Gasteiger partial charge in [-0.15, -0.1) is 11.8 Å². The van der Waals surface area contributed by atoms with E-state index < -0.39 is 17.7 Å². The van der Waals surface area contributed by atoms with Gasteiger partial charge in [-0.05, 0) is 48.9 Å². The van der Waals surface area contributed by atoms with Crippen molar-refractivity contribution < 1.29 is 27.5 Å². The molecule has 1 heterocycles. The number of hydrogen-bond donors (Lipinski definition) is 1. The van der Waals surface area contributed by atoms with Gasteiger partial charge in [0.15, 0.2) is 0 Å². The van der Waals surface area contributed by atoms with Gasteiger partial charge in [0.2, 0.25) is 0 Å². The second-order valence-electron chi connectivity index (χ2n) is 6.26. The van der Waals surface area contributed by atoms with Crippen LogP contribution < -0.4 is 5.32 Å². The predicted molar refractivity (Wildman–Crippen MR) is 105 cm³/mol. The SMILES string of the molecule is CCOC(=O)c1ccc(NC(=O)N2CCSC2c2ccc(C(F)(F)F)cc2)cc1. The fraction of sp³-hybridized carbons (Fsp3) is 0.300. The van der Waals surface area contributed by atoms with E-state index in [0.29, 0.717) is 29.1 Å². The summed E-state index contributed by atoms with van der Waals surface area (Å²) in [4.78, 5) is 25.9. The third-order valence-electron chi connectivity index (χ3n) is 4.32. The van der Waals surface area contributed by atoms with Gasteiger partial charge < -0.3 is 15.0 Å². The maximum absolute atomic E-state index is 12.8. The number of carbonyl (C=O) groups excluding carboxylic acids is 2. The minimum Gasteiger partial charge on any atom is -0.462 e. The summed E-state index contributed by atoms with van der Waals surface area (Å²) >= 11 is 1.49. The molecule has 0 radical (unpaired) electrons. The number of esters is 1. The molecule has 1 aliphatic rings. The summed E-state index contributed by atoms with van der Waals surface area (Å²) in [5.41, 5.74) is 0.797. The minimum atomic E-state index is -4.39. The molecule has 29 heavy (non-hydrogen) atoms. The van der Waals surface area contributed by atoms with Crippen molar-refractivity contribution in [3.63, 3.8) is 0 Å². The monoisotopic (exact) mass is 424 g/mol. The minimum absolute atomic E-state index is 0.273. The first-order valence-electron chi connectivity index (χ1n) is 8.93. The molecule has 9 heteroatoms. The van der Waals surface area contributed by atoms with Crippen LogP contribution in [0.5, 0.6) is 0 Å². The fourth-order valence-corrected chi connectivity index (χ4v) is 4.15. The van der Waals surface area contributed by atoms with E-state index >= 15 is 0 Å². The Kier molecular flexibility index (Phi) is 6.36. The smallest absolute Gasteiger partial charge is 0.416 e. The molecule has 0 saturated carbocycles. The highest BCUT2D eigenvalue weighted by atomic mass is 32.2. The molecule has 0 spiro atoms. The molecule has 1 atom stereocenters. The normalized spacial score (nSPS) is 16.6. The van der Waals surface area contributed by atoms with Crippen LogP contribution in [0.15, 0.2) is 48.5 Å². The molecule has 3 rings (SSSR count). The van der Waals surface area contributed by atoms with Gasteiger partial charge in [0, 0.05) is 18.0 Å². The number of urea groups is 1. The molecular weight excluding hydrogens is 405 g/mol. The maximum atomic E-state index is 12.8. The number of nitrogens with zero attached hydrogens (tertiary/aromatic N) is 1. The highest BCUT2D eigenvalue weighted by Gasteiger charge is 2.33. The van der Waals surface area contributed by atoms with Crippen molar-refractivity contribution in [2.24, 2.45) is 0 Å². The largest absolute Gasteiger partial charge is 0.462 e. The van der Waals surface area contributed by atoms with Crippen molar-refractivity contribution >= 4 is 29.4 Å². The second kappa shape index (κ2) is 8.77. The molecule has 0 aromatic heterocycles. The third-order valence-corrected chi connectivity index (χ3v) is 5.58. The molecule has 2 aromatic rings. The second-order valence-corrected chi connectivity index (χ2v) is 7.45. The molecule has 1 unspecified atom stereocenters. The number of nitrogens with one attached hydrogen (secondary N) is 1. The molecule has 5 nitrogen and oxygen atoms in total. The lowest BCUT2D eigenvalue weighted by Gasteiger charge is -2.24. The predicted octanol–water partition coefficient (Wildman–Crippen LogP) is 5.16. The summed E-state index contributed by atoms with van der Waals surface area (Å²) in [5.74, 6) is 0.240. The number of halogens is 3. The number of rotatable bonds is 4. The standard InChI is InChI=1S/C20H19F3N2O3S/c1-2-28-18(26)14-5-9-16(10-6-14)24-19(27)25-11-12-29-17(25)13-3-7-15(8-4-13)20(21,22)23/h3-10,17H,2,11-12H2,1H3,(H,24,27). The maximum Gasteiger partial charge on any atom is 0.416 e. The van der Waals surface area contributed by atoms with Crippen molar-refractivity contribution in [3.8, 4) is 0 Å². The van der Waals surface area contributed by atoms with E-state index in [2.05, 4.69) is 5.32 Å². The van der Waals surface area contributed by atoms with Crippen molar-refractivity contribution in [3.05, 3.63) is 65.2 Å². The highest BCUT2D eigenvalue weighted by Crippen LogP contribution is 2.39. The van der Waals surface area contributed by atoms with Gasteiger partial charge >= 0.3 is 18.2 Å². The molecule has 1 fully saturated rings. The number of amides is 2. The molecular formula is C20H19F3N2O3S. The number of carbonyl (C=O) groups is 2. The van der Waals surface area contributed by atoms with Gasteiger partial charge in [0.25, 0.3) is 0 Å². The Bertz CT molecular complexity index is 870. The summed E-state index contributed by atoms with van der Waals surface area (Å²) in [6.45, 7) is 2.46. The number of anilines is 1. The Hall–Kier alpha value is -2.68. The molecule has 154 valence electrons. The molecule has 2 aromatic carbocycles. The van der Waals surface area contributed by atoms with E-state index in [1.54, 1.807) is 36.1 Å². The summed E-state index contributed by atoms with van der Waals surface area (Å²) in [6.07, 6.45) is -4.39. The topological polar surface area (TPSA) is 58.6 Å². The first-order chi connectivity index (χ1) is 13.8. The first-order valence-corrected chi connectivity index (χ1v) is 9.98. The van der Waals surface area contributed by atoms with Crippen molar-refractivity contribution in [2.45, 2.75) is 18.5 Å². The van der Waals surface area contributed by atoms with Gasteiger partial charge in [0.1, 0.15) is 5.37 Å². The van der Waals surface area contributed by atoms with Crippen molar-refractivity contribution in [2.75, 3.05) is 24.2 Å². The van der Waals surface area contributed by atoms with Gasteiger partial charge in [-0.2, -0.15) is 13.2 Å². The summed E-state index contributed by atoms with van der Waals surface area (Å²) in [5, 5.41) is 2.39. The van der Waals surface area contributed by atoms with Crippen molar-refractivity contribution in [1.82, 2.24) is 4.90 Å². The lowest BCUT2D eigenvalue weighted by Crippen LogP contribution is -2.34. The number of benzene rings is 2. The highest BCUT2D eigenvalue weighted by molar-refractivity contribution is 7.99. The molecule has 0 bridgehead atoms. The van der Waals surface area contributed by atoms with Crippen LogP contribution in [0, 0.1) is 0 Å².